The van der Waals surface area contributed by atoms with Crippen molar-refractivity contribution in [1.29, 1.82) is 0 Å². The minimum Gasteiger partial charge on any atom is -0.374 e. The Balaban J connectivity index is 2.65. The highest BCUT2D eigenvalue weighted by atomic mass is 19.4. The van der Waals surface area contributed by atoms with Crippen LogP contribution in [0.2, 0.25) is 0 Å². The van der Waals surface area contributed by atoms with Gasteiger partial charge in [0.25, 0.3) is 0 Å². The van der Waals surface area contributed by atoms with Crippen LogP contribution < -0.4 is 5.32 Å². The van der Waals surface area contributed by atoms with E-state index in [0.717, 1.165) is 19.1 Å². The molecule has 0 bridgehead atoms. The van der Waals surface area contributed by atoms with Gasteiger partial charge in [-0.2, -0.15) is 13.2 Å². The van der Waals surface area contributed by atoms with E-state index in [4.69, 9.17) is 0 Å². The van der Waals surface area contributed by atoms with Gasteiger partial charge in [-0.05, 0) is 31.2 Å². The van der Waals surface area contributed by atoms with Gasteiger partial charge in [-0.15, -0.1) is 0 Å². The summed E-state index contributed by atoms with van der Waals surface area (Å²) in [4.78, 5) is 0. The van der Waals surface area contributed by atoms with E-state index < -0.39 is 18.0 Å². The first-order chi connectivity index (χ1) is 6.39. The molecule has 1 nitrogen and oxygen atoms in total. The van der Waals surface area contributed by atoms with E-state index in [1.807, 2.05) is 0 Å². The molecule has 0 aromatic heterocycles. The molecule has 0 fully saturated rings. The van der Waals surface area contributed by atoms with Crippen molar-refractivity contribution in [3.05, 3.63) is 30.1 Å². The van der Waals surface area contributed by atoms with Gasteiger partial charge < -0.3 is 5.32 Å². The first-order valence-electron chi connectivity index (χ1n) is 3.98. The van der Waals surface area contributed by atoms with Crippen LogP contribution in [0.15, 0.2) is 24.3 Å². The summed E-state index contributed by atoms with van der Waals surface area (Å²) in [6.45, 7) is 1.00. The lowest BCUT2D eigenvalue weighted by Gasteiger charge is -2.18. The number of benzene rings is 1. The minimum absolute atomic E-state index is 0.247. The first kappa shape index (κ1) is 10.8. The first-order valence-corrected chi connectivity index (χ1v) is 3.98. The summed E-state index contributed by atoms with van der Waals surface area (Å²) < 4.78 is 48.6. The third-order valence-corrected chi connectivity index (χ3v) is 1.72. The Morgan fingerprint density at radius 2 is 1.64 bits per heavy atom. The van der Waals surface area contributed by atoms with E-state index >= 15 is 0 Å². The third kappa shape index (κ3) is 2.90. The fourth-order valence-corrected chi connectivity index (χ4v) is 0.878. The van der Waals surface area contributed by atoms with E-state index in [-0.39, 0.29) is 5.69 Å². The molecular formula is C9H9F4N. The van der Waals surface area contributed by atoms with Crippen LogP contribution in [0.1, 0.15) is 6.92 Å². The normalized spacial score (nSPS) is 13.8. The van der Waals surface area contributed by atoms with E-state index in [0.29, 0.717) is 0 Å². The second-order valence-corrected chi connectivity index (χ2v) is 2.91. The molecule has 0 saturated heterocycles. The summed E-state index contributed by atoms with van der Waals surface area (Å²) in [7, 11) is 0. The lowest BCUT2D eigenvalue weighted by Crippen LogP contribution is -2.32. The molecule has 0 spiro atoms. The molecule has 1 N–H and O–H groups in total. The van der Waals surface area contributed by atoms with E-state index in [2.05, 4.69) is 5.32 Å². The topological polar surface area (TPSA) is 12.0 Å². The number of rotatable bonds is 2. The van der Waals surface area contributed by atoms with Crippen LogP contribution in [0.4, 0.5) is 23.2 Å². The Labute approximate surface area is 78.7 Å². The van der Waals surface area contributed by atoms with Crippen LogP contribution >= 0.6 is 0 Å². The second-order valence-electron chi connectivity index (χ2n) is 2.91. The van der Waals surface area contributed by atoms with E-state index in [1.165, 1.54) is 12.1 Å². The van der Waals surface area contributed by atoms with Crippen molar-refractivity contribution in [2.45, 2.75) is 19.1 Å². The van der Waals surface area contributed by atoms with Crippen molar-refractivity contribution in [3.8, 4) is 0 Å². The quantitative estimate of drug-likeness (QED) is 0.734. The number of halogens is 4. The summed E-state index contributed by atoms with van der Waals surface area (Å²) in [6, 6.07) is 3.08. The molecular weight excluding hydrogens is 198 g/mol. The predicted octanol–water partition coefficient (Wildman–Crippen LogP) is 3.19. The highest BCUT2D eigenvalue weighted by molar-refractivity contribution is 5.43. The van der Waals surface area contributed by atoms with Gasteiger partial charge in [-0.3, -0.25) is 0 Å². The Kier molecular flexibility index (Phi) is 2.98. The summed E-state index contributed by atoms with van der Waals surface area (Å²) in [5.74, 6) is -0.477. The maximum atomic E-state index is 12.4. The van der Waals surface area contributed by atoms with Gasteiger partial charge >= 0.3 is 6.18 Å². The smallest absolute Gasteiger partial charge is 0.374 e. The molecule has 0 saturated carbocycles. The predicted molar refractivity (Wildman–Crippen MR) is 45.5 cm³/mol. The zero-order valence-corrected chi connectivity index (χ0v) is 7.40. The molecule has 78 valence electrons. The van der Waals surface area contributed by atoms with Gasteiger partial charge in [0.05, 0.1) is 0 Å². The Morgan fingerprint density at radius 1 is 1.14 bits per heavy atom. The largest absolute Gasteiger partial charge is 0.408 e. The zero-order chi connectivity index (χ0) is 10.8. The summed E-state index contributed by atoms with van der Waals surface area (Å²) in [5.41, 5.74) is 0.247. The Bertz CT molecular complexity index is 291. The molecule has 14 heavy (non-hydrogen) atoms. The number of hydrogen-bond acceptors (Lipinski definition) is 1. The van der Waals surface area contributed by atoms with Crippen molar-refractivity contribution < 1.29 is 17.6 Å². The second kappa shape index (κ2) is 3.86. The van der Waals surface area contributed by atoms with Crippen LogP contribution in [0.25, 0.3) is 0 Å². The van der Waals surface area contributed by atoms with Crippen LogP contribution in [0, 0.1) is 5.82 Å². The van der Waals surface area contributed by atoms with Gasteiger partial charge in [0.1, 0.15) is 11.9 Å². The minimum atomic E-state index is -4.30. The highest BCUT2D eigenvalue weighted by Crippen LogP contribution is 2.23. The molecule has 1 aromatic rings. The van der Waals surface area contributed by atoms with Gasteiger partial charge in [0.15, 0.2) is 0 Å². The van der Waals surface area contributed by atoms with Crippen LogP contribution in [0.3, 0.4) is 0 Å². The molecule has 1 atom stereocenters. The fraction of sp³-hybridized carbons (Fsp3) is 0.333. The Hall–Kier alpha value is -1.26. The van der Waals surface area contributed by atoms with Crippen molar-refractivity contribution in [3.63, 3.8) is 0 Å². The van der Waals surface area contributed by atoms with Crippen molar-refractivity contribution in [2.75, 3.05) is 5.32 Å². The molecule has 0 aliphatic rings. The number of nitrogens with one attached hydrogen (secondary N) is 1. The standard InChI is InChI=1S/C9H9F4N/c1-6(9(11,12)13)14-8-4-2-7(10)3-5-8/h2-6,14H,1H3. The monoisotopic (exact) mass is 207 g/mol. The van der Waals surface area contributed by atoms with Crippen LogP contribution in [-0.4, -0.2) is 12.2 Å². The average Bonchev–Trinajstić information content (AvgIpc) is 2.07. The summed E-state index contributed by atoms with van der Waals surface area (Å²) >= 11 is 0. The molecule has 0 aliphatic carbocycles. The molecule has 0 heterocycles. The summed E-state index contributed by atoms with van der Waals surface area (Å²) in [5, 5.41) is 2.22. The third-order valence-electron chi connectivity index (χ3n) is 1.72. The lowest BCUT2D eigenvalue weighted by molar-refractivity contribution is -0.138. The van der Waals surface area contributed by atoms with E-state index in [9.17, 15) is 17.6 Å². The Morgan fingerprint density at radius 3 is 2.07 bits per heavy atom. The lowest BCUT2D eigenvalue weighted by atomic mass is 10.2. The van der Waals surface area contributed by atoms with E-state index in [1.54, 1.807) is 0 Å². The van der Waals surface area contributed by atoms with Gasteiger partial charge in [0.2, 0.25) is 0 Å². The zero-order valence-electron chi connectivity index (χ0n) is 7.40. The maximum absolute atomic E-state index is 12.4. The number of hydrogen-bond donors (Lipinski definition) is 1. The molecule has 1 rings (SSSR count). The molecule has 0 aliphatic heterocycles. The molecule has 0 amide bonds. The number of alkyl halides is 3. The molecule has 1 aromatic carbocycles. The number of anilines is 1. The highest BCUT2D eigenvalue weighted by Gasteiger charge is 2.35. The van der Waals surface area contributed by atoms with Crippen molar-refractivity contribution in [1.82, 2.24) is 0 Å². The fourth-order valence-electron chi connectivity index (χ4n) is 0.878. The average molecular weight is 207 g/mol. The molecule has 0 radical (unpaired) electrons. The summed E-state index contributed by atoms with van der Waals surface area (Å²) in [6.07, 6.45) is -4.30. The van der Waals surface area contributed by atoms with Crippen LogP contribution in [-0.2, 0) is 0 Å². The van der Waals surface area contributed by atoms with Crippen LogP contribution in [0.5, 0.6) is 0 Å². The van der Waals surface area contributed by atoms with Crippen molar-refractivity contribution in [2.24, 2.45) is 0 Å². The SMILES string of the molecule is CC(Nc1ccc(F)cc1)C(F)(F)F. The molecule has 5 heteroatoms. The van der Waals surface area contributed by atoms with Gasteiger partial charge in [0, 0.05) is 5.69 Å². The van der Waals surface area contributed by atoms with Crippen molar-refractivity contribution >= 4 is 5.69 Å². The maximum Gasteiger partial charge on any atom is 0.408 e. The van der Waals surface area contributed by atoms with Gasteiger partial charge in [-0.1, -0.05) is 0 Å². The van der Waals surface area contributed by atoms with Gasteiger partial charge in [-0.25, -0.2) is 4.39 Å². The molecule has 1 unspecified atom stereocenters.